The number of Topliss-reactive ketones (excluding diaryl/α,β-unsaturated/α-hetero) is 1. The molecule has 102 valence electrons. The third-order valence-corrected chi connectivity index (χ3v) is 3.47. The first-order valence-electron chi connectivity index (χ1n) is 6.04. The van der Waals surface area contributed by atoms with Crippen molar-refractivity contribution in [3.63, 3.8) is 0 Å². The van der Waals surface area contributed by atoms with Gasteiger partial charge in [-0.3, -0.25) is 4.79 Å². The van der Waals surface area contributed by atoms with E-state index in [0.717, 1.165) is 5.56 Å². The lowest BCUT2D eigenvalue weighted by atomic mass is 10.1. The van der Waals surface area contributed by atoms with Gasteiger partial charge in [-0.25, -0.2) is 0 Å². The van der Waals surface area contributed by atoms with Gasteiger partial charge in [0, 0.05) is 0 Å². The summed E-state index contributed by atoms with van der Waals surface area (Å²) in [5.41, 5.74) is 0.809. The SMILES string of the molecule is N#CCOc1ccc(/C=C(\C#N)C(=O)c2cccs2)cc1. The number of allylic oxidation sites excluding steroid dienone is 1. The minimum absolute atomic E-state index is 0.0184. The van der Waals surface area contributed by atoms with Crippen LogP contribution in [0.15, 0.2) is 47.4 Å². The van der Waals surface area contributed by atoms with Crippen molar-refractivity contribution in [1.29, 1.82) is 10.5 Å². The van der Waals surface area contributed by atoms with E-state index in [1.165, 1.54) is 17.4 Å². The molecule has 0 atom stereocenters. The van der Waals surface area contributed by atoms with Crippen molar-refractivity contribution in [2.24, 2.45) is 0 Å². The number of rotatable bonds is 5. The summed E-state index contributed by atoms with van der Waals surface area (Å²) in [7, 11) is 0. The highest BCUT2D eigenvalue weighted by Crippen LogP contribution is 2.18. The van der Waals surface area contributed by atoms with Crippen molar-refractivity contribution in [1.82, 2.24) is 0 Å². The molecule has 2 rings (SSSR count). The van der Waals surface area contributed by atoms with Gasteiger partial charge in [-0.2, -0.15) is 10.5 Å². The first-order chi connectivity index (χ1) is 10.2. The van der Waals surface area contributed by atoms with Crippen LogP contribution in [0, 0.1) is 22.7 Å². The Morgan fingerprint density at radius 3 is 2.57 bits per heavy atom. The molecule has 0 spiro atoms. The summed E-state index contributed by atoms with van der Waals surface area (Å²) in [5.74, 6) is 0.286. The van der Waals surface area contributed by atoms with E-state index in [1.54, 1.807) is 41.8 Å². The lowest BCUT2D eigenvalue weighted by molar-refractivity contribution is 0.104. The monoisotopic (exact) mass is 294 g/mol. The highest BCUT2D eigenvalue weighted by molar-refractivity contribution is 7.12. The Hall–Kier alpha value is -2.89. The second-order valence-electron chi connectivity index (χ2n) is 3.99. The number of hydrogen-bond acceptors (Lipinski definition) is 5. The molecule has 4 nitrogen and oxygen atoms in total. The maximum atomic E-state index is 12.1. The summed E-state index contributed by atoms with van der Waals surface area (Å²) < 4.78 is 5.14. The summed E-state index contributed by atoms with van der Waals surface area (Å²) in [5, 5.41) is 19.4. The zero-order chi connectivity index (χ0) is 15.1. The fourth-order valence-electron chi connectivity index (χ4n) is 1.63. The number of hydrogen-bond donors (Lipinski definition) is 0. The molecule has 0 radical (unpaired) electrons. The molecule has 1 aromatic carbocycles. The molecule has 1 aromatic heterocycles. The van der Waals surface area contributed by atoms with Gasteiger partial charge in [-0.1, -0.05) is 18.2 Å². The van der Waals surface area contributed by atoms with E-state index in [0.29, 0.717) is 10.6 Å². The predicted octanol–water partition coefficient (Wildman–Crippen LogP) is 3.44. The number of thiophene rings is 1. The van der Waals surface area contributed by atoms with Gasteiger partial charge in [0.25, 0.3) is 0 Å². The van der Waals surface area contributed by atoms with E-state index in [4.69, 9.17) is 15.3 Å². The molecule has 0 fully saturated rings. The molecule has 0 aliphatic heterocycles. The Kier molecular flexibility index (Phi) is 4.87. The van der Waals surface area contributed by atoms with E-state index in [1.807, 2.05) is 12.1 Å². The number of carbonyl (C=O) groups is 1. The molecule has 0 saturated heterocycles. The van der Waals surface area contributed by atoms with E-state index >= 15 is 0 Å². The fourth-order valence-corrected chi connectivity index (χ4v) is 2.31. The quantitative estimate of drug-likeness (QED) is 0.481. The second-order valence-corrected chi connectivity index (χ2v) is 4.94. The van der Waals surface area contributed by atoms with Crippen molar-refractivity contribution in [3.8, 4) is 17.9 Å². The van der Waals surface area contributed by atoms with Crippen molar-refractivity contribution < 1.29 is 9.53 Å². The number of nitriles is 2. The van der Waals surface area contributed by atoms with Crippen molar-refractivity contribution in [2.45, 2.75) is 0 Å². The molecule has 0 aliphatic rings. The van der Waals surface area contributed by atoms with Crippen LogP contribution >= 0.6 is 11.3 Å². The Morgan fingerprint density at radius 1 is 1.24 bits per heavy atom. The number of ketones is 1. The Balaban J connectivity index is 2.19. The Morgan fingerprint density at radius 2 is 2.00 bits per heavy atom. The van der Waals surface area contributed by atoms with Crippen LogP contribution in [0.2, 0.25) is 0 Å². The lowest BCUT2D eigenvalue weighted by Crippen LogP contribution is -1.99. The lowest BCUT2D eigenvalue weighted by Gasteiger charge is -2.02. The van der Waals surface area contributed by atoms with Crippen LogP contribution < -0.4 is 4.74 Å². The van der Waals surface area contributed by atoms with Gasteiger partial charge >= 0.3 is 0 Å². The Labute approximate surface area is 126 Å². The molecule has 5 heteroatoms. The molecule has 0 saturated carbocycles. The minimum atomic E-state index is -0.280. The summed E-state index contributed by atoms with van der Waals surface area (Å²) >= 11 is 1.30. The molecule has 0 unspecified atom stereocenters. The van der Waals surface area contributed by atoms with E-state index in [2.05, 4.69) is 0 Å². The minimum Gasteiger partial charge on any atom is -0.479 e. The van der Waals surface area contributed by atoms with Crippen LogP contribution in [-0.2, 0) is 0 Å². The highest BCUT2D eigenvalue weighted by atomic mass is 32.1. The largest absolute Gasteiger partial charge is 0.479 e. The number of carbonyl (C=O) groups excluding carboxylic acids is 1. The van der Waals surface area contributed by atoms with Crippen molar-refractivity contribution >= 4 is 23.2 Å². The van der Waals surface area contributed by atoms with Gasteiger partial charge in [0.1, 0.15) is 23.5 Å². The zero-order valence-electron chi connectivity index (χ0n) is 10.9. The molecule has 1 heterocycles. The van der Waals surface area contributed by atoms with Crippen LogP contribution in [0.4, 0.5) is 0 Å². The maximum absolute atomic E-state index is 12.1. The highest BCUT2D eigenvalue weighted by Gasteiger charge is 2.12. The summed E-state index contributed by atoms with van der Waals surface area (Å²) in [6.07, 6.45) is 1.54. The van der Waals surface area contributed by atoms with Gasteiger partial charge < -0.3 is 4.74 Å². The molecule has 0 amide bonds. The maximum Gasteiger partial charge on any atom is 0.213 e. The van der Waals surface area contributed by atoms with Crippen molar-refractivity contribution in [3.05, 3.63) is 57.8 Å². The number of ether oxygens (including phenoxy) is 1. The number of benzene rings is 1. The van der Waals surface area contributed by atoms with E-state index < -0.39 is 0 Å². The van der Waals surface area contributed by atoms with Gasteiger partial charge in [-0.15, -0.1) is 11.3 Å². The smallest absolute Gasteiger partial charge is 0.213 e. The third-order valence-electron chi connectivity index (χ3n) is 2.60. The standard InChI is InChI=1S/C16H10N2O2S/c17-7-8-20-14-5-3-12(4-6-14)10-13(11-18)16(19)15-2-1-9-21-15/h1-6,9-10H,8H2/b13-10+. The molecule has 2 aromatic rings. The van der Waals surface area contributed by atoms with E-state index in [-0.39, 0.29) is 18.0 Å². The number of nitrogens with zero attached hydrogens (tertiary/aromatic N) is 2. The molecule has 0 bridgehead atoms. The molecule has 0 N–H and O–H groups in total. The Bertz CT molecular complexity index is 732. The fraction of sp³-hybridized carbons (Fsp3) is 0.0625. The van der Waals surface area contributed by atoms with Crippen LogP contribution in [0.1, 0.15) is 15.2 Å². The van der Waals surface area contributed by atoms with E-state index in [9.17, 15) is 4.79 Å². The normalized spacial score (nSPS) is 10.5. The van der Waals surface area contributed by atoms with Gasteiger partial charge in [0.2, 0.25) is 5.78 Å². The molecule has 0 aliphatic carbocycles. The van der Waals surface area contributed by atoms with Gasteiger partial charge in [-0.05, 0) is 35.2 Å². The molecular weight excluding hydrogens is 284 g/mol. The van der Waals surface area contributed by atoms with Crippen LogP contribution in [-0.4, -0.2) is 12.4 Å². The van der Waals surface area contributed by atoms with Crippen LogP contribution in [0.3, 0.4) is 0 Å². The molecular formula is C16H10N2O2S. The first-order valence-corrected chi connectivity index (χ1v) is 6.92. The van der Waals surface area contributed by atoms with Crippen LogP contribution in [0.25, 0.3) is 6.08 Å². The summed E-state index contributed by atoms with van der Waals surface area (Å²) in [6, 6.07) is 14.1. The van der Waals surface area contributed by atoms with Gasteiger partial charge in [0.05, 0.1) is 4.88 Å². The first kappa shape index (κ1) is 14.5. The third kappa shape index (κ3) is 3.79. The summed E-state index contributed by atoms with van der Waals surface area (Å²) in [6.45, 7) is -0.0184. The predicted molar refractivity (Wildman–Crippen MR) is 79.8 cm³/mol. The van der Waals surface area contributed by atoms with Crippen LogP contribution in [0.5, 0.6) is 5.75 Å². The average molecular weight is 294 g/mol. The van der Waals surface area contributed by atoms with Crippen molar-refractivity contribution in [2.75, 3.05) is 6.61 Å². The van der Waals surface area contributed by atoms with Gasteiger partial charge in [0.15, 0.2) is 6.61 Å². The molecule has 21 heavy (non-hydrogen) atoms. The zero-order valence-corrected chi connectivity index (χ0v) is 11.8. The topological polar surface area (TPSA) is 73.9 Å². The average Bonchev–Trinajstić information content (AvgIpc) is 3.05. The second kappa shape index (κ2) is 7.04. The summed E-state index contributed by atoms with van der Waals surface area (Å²) in [4.78, 5) is 12.6.